The summed E-state index contributed by atoms with van der Waals surface area (Å²) in [5, 5.41) is 1.18. The van der Waals surface area contributed by atoms with Crippen LogP contribution in [0.25, 0.3) is 10.9 Å². The second-order valence-electron chi connectivity index (χ2n) is 7.08. The van der Waals surface area contributed by atoms with Crippen LogP contribution in [0.1, 0.15) is 37.7 Å². The number of aromatic amines is 1. The predicted octanol–water partition coefficient (Wildman–Crippen LogP) is 4.59. The first-order valence-corrected chi connectivity index (χ1v) is 9.47. The molecule has 0 saturated heterocycles. The van der Waals surface area contributed by atoms with Crippen molar-refractivity contribution in [3.05, 3.63) is 30.0 Å². The van der Waals surface area contributed by atoms with Crippen molar-refractivity contribution < 1.29 is 18.3 Å². The summed E-state index contributed by atoms with van der Waals surface area (Å²) in [4.78, 5) is 5.31. The van der Waals surface area contributed by atoms with Crippen LogP contribution in [0.2, 0.25) is 0 Å². The van der Waals surface area contributed by atoms with Crippen LogP contribution in [0.3, 0.4) is 0 Å². The first kappa shape index (κ1) is 19.1. The monoisotopic (exact) mass is 366 g/mol. The number of nitrogens with one attached hydrogen (secondary N) is 1. The van der Waals surface area contributed by atoms with E-state index in [0.29, 0.717) is 12.6 Å². The minimum absolute atomic E-state index is 0.0431. The van der Waals surface area contributed by atoms with Crippen molar-refractivity contribution in [1.29, 1.82) is 0 Å². The quantitative estimate of drug-likeness (QED) is 0.705. The highest BCUT2D eigenvalue weighted by Gasteiger charge is 2.15. The molecule has 1 aliphatic carbocycles. The molecule has 2 aromatic rings. The molecule has 0 unspecified atom stereocenters. The molecule has 1 aromatic carbocycles. The third-order valence-electron chi connectivity index (χ3n) is 5.07. The van der Waals surface area contributed by atoms with E-state index >= 15 is 0 Å². The average Bonchev–Trinajstić information content (AvgIpc) is 3.03. The van der Waals surface area contributed by atoms with Crippen molar-refractivity contribution in [2.24, 2.45) is 0 Å². The fourth-order valence-electron chi connectivity index (χ4n) is 3.53. The van der Waals surface area contributed by atoms with Gasteiger partial charge in [0.2, 0.25) is 0 Å². The molecule has 26 heavy (non-hydrogen) atoms. The van der Waals surface area contributed by atoms with Gasteiger partial charge in [0.15, 0.2) is 0 Å². The molecule has 6 heteroatoms. The van der Waals surface area contributed by atoms with Crippen LogP contribution < -0.4 is 4.74 Å². The fraction of sp³-hybridized carbons (Fsp3) is 0.600. The summed E-state index contributed by atoms with van der Waals surface area (Å²) in [6.45, 7) is -1.38. The third-order valence-corrected chi connectivity index (χ3v) is 5.07. The van der Waals surface area contributed by atoms with E-state index in [9.17, 15) is 8.78 Å². The lowest BCUT2D eigenvalue weighted by molar-refractivity contribution is -0.131. The lowest BCUT2D eigenvalue weighted by Crippen LogP contribution is -2.26. The molecule has 0 amide bonds. The zero-order chi connectivity index (χ0) is 18.4. The molecule has 1 fully saturated rings. The van der Waals surface area contributed by atoms with Crippen molar-refractivity contribution >= 4 is 10.9 Å². The Morgan fingerprint density at radius 3 is 2.77 bits per heavy atom. The average molecular weight is 366 g/mol. The van der Waals surface area contributed by atoms with Crippen LogP contribution in [0.4, 0.5) is 8.78 Å². The minimum atomic E-state index is -2.69. The Kier molecular flexibility index (Phi) is 6.86. The van der Waals surface area contributed by atoms with E-state index in [0.717, 1.165) is 37.1 Å². The molecular formula is C20H28F2N2O2. The first-order chi connectivity index (χ1) is 12.6. The molecule has 1 heterocycles. The second kappa shape index (κ2) is 9.33. The van der Waals surface area contributed by atoms with E-state index in [1.165, 1.54) is 30.2 Å². The van der Waals surface area contributed by atoms with Crippen molar-refractivity contribution in [2.75, 3.05) is 26.7 Å². The van der Waals surface area contributed by atoms with Crippen molar-refractivity contribution in [2.45, 2.75) is 51.2 Å². The van der Waals surface area contributed by atoms with Gasteiger partial charge in [0, 0.05) is 30.2 Å². The van der Waals surface area contributed by atoms with Crippen LogP contribution in [0.5, 0.6) is 5.75 Å². The highest BCUT2D eigenvalue weighted by Crippen LogP contribution is 2.28. The van der Waals surface area contributed by atoms with Crippen molar-refractivity contribution in [3.8, 4) is 5.75 Å². The van der Waals surface area contributed by atoms with Gasteiger partial charge >= 0.3 is 6.61 Å². The Labute approximate surface area is 153 Å². The highest BCUT2D eigenvalue weighted by molar-refractivity contribution is 5.84. The largest absolute Gasteiger partial charge is 0.490 e. The van der Waals surface area contributed by atoms with Crippen LogP contribution in [-0.2, 0) is 11.2 Å². The summed E-state index contributed by atoms with van der Waals surface area (Å²) >= 11 is 0. The molecule has 4 nitrogen and oxygen atoms in total. The zero-order valence-corrected chi connectivity index (χ0v) is 15.3. The van der Waals surface area contributed by atoms with Gasteiger partial charge in [0.05, 0.1) is 12.7 Å². The molecule has 1 N–H and O–H groups in total. The second-order valence-corrected chi connectivity index (χ2v) is 7.08. The van der Waals surface area contributed by atoms with E-state index in [2.05, 4.69) is 21.9 Å². The van der Waals surface area contributed by atoms with Crippen molar-refractivity contribution in [3.63, 3.8) is 0 Å². The number of aromatic nitrogens is 1. The number of fused-ring (bicyclic) bond motifs is 1. The molecule has 1 aromatic heterocycles. The standard InChI is InChI=1S/C20H28F2N2O2/c1-24(11-12-25-20(21)22)10-9-15-14-23-19-8-7-17(13-18(15)19)26-16-5-3-2-4-6-16/h7-8,13-14,16,20,23H,2-6,9-12H2,1H3. The Bertz CT molecular complexity index is 684. The minimum Gasteiger partial charge on any atom is -0.490 e. The molecule has 0 atom stereocenters. The smallest absolute Gasteiger partial charge is 0.345 e. The van der Waals surface area contributed by atoms with Crippen LogP contribution in [-0.4, -0.2) is 49.3 Å². The SMILES string of the molecule is CN(CCOC(F)F)CCc1c[nH]c2ccc(OC3CCCCC3)cc12. The number of ether oxygens (including phenoxy) is 2. The zero-order valence-electron chi connectivity index (χ0n) is 15.3. The number of benzene rings is 1. The maximum Gasteiger partial charge on any atom is 0.345 e. The first-order valence-electron chi connectivity index (χ1n) is 9.47. The number of halogens is 2. The summed E-state index contributed by atoms with van der Waals surface area (Å²) in [6.07, 6.45) is 9.32. The Balaban J connectivity index is 1.57. The van der Waals surface area contributed by atoms with Crippen molar-refractivity contribution in [1.82, 2.24) is 9.88 Å². The summed E-state index contributed by atoms with van der Waals surface area (Å²) in [5.41, 5.74) is 2.32. The lowest BCUT2D eigenvalue weighted by atomic mass is 9.98. The van der Waals surface area contributed by atoms with Gasteiger partial charge in [0.1, 0.15) is 5.75 Å². The van der Waals surface area contributed by atoms with Crippen LogP contribution >= 0.6 is 0 Å². The van der Waals surface area contributed by atoms with E-state index in [-0.39, 0.29) is 6.61 Å². The molecule has 0 aliphatic heterocycles. The summed E-state index contributed by atoms with van der Waals surface area (Å²) in [5.74, 6) is 0.934. The Morgan fingerprint density at radius 1 is 1.19 bits per heavy atom. The van der Waals surface area contributed by atoms with Gasteiger partial charge in [-0.1, -0.05) is 6.42 Å². The van der Waals surface area contributed by atoms with Crippen LogP contribution in [0.15, 0.2) is 24.4 Å². The van der Waals surface area contributed by atoms with Gasteiger partial charge in [0.25, 0.3) is 0 Å². The molecule has 1 saturated carbocycles. The number of hydrogen-bond donors (Lipinski definition) is 1. The highest BCUT2D eigenvalue weighted by atomic mass is 19.3. The normalized spacial score (nSPS) is 16.0. The predicted molar refractivity (Wildman–Crippen MR) is 99.0 cm³/mol. The van der Waals surface area contributed by atoms with Gasteiger partial charge in [-0.25, -0.2) is 0 Å². The van der Waals surface area contributed by atoms with Gasteiger partial charge in [-0.3, -0.25) is 0 Å². The van der Waals surface area contributed by atoms with Gasteiger partial charge in [-0.15, -0.1) is 0 Å². The Morgan fingerprint density at radius 2 is 2.00 bits per heavy atom. The number of H-pyrrole nitrogens is 1. The summed E-state index contributed by atoms with van der Waals surface area (Å²) in [7, 11) is 1.92. The van der Waals surface area contributed by atoms with E-state index in [1.54, 1.807) is 0 Å². The molecule has 3 rings (SSSR count). The summed E-state index contributed by atoms with van der Waals surface area (Å²) in [6, 6.07) is 6.22. The van der Waals surface area contributed by atoms with Gasteiger partial charge in [-0.2, -0.15) is 8.78 Å². The number of likely N-dealkylation sites (N-methyl/N-ethyl adjacent to an activating group) is 1. The number of alkyl halides is 2. The number of rotatable bonds is 9. The van der Waals surface area contributed by atoms with Gasteiger partial charge < -0.3 is 19.4 Å². The molecule has 1 aliphatic rings. The Hall–Kier alpha value is -1.66. The van der Waals surface area contributed by atoms with Gasteiger partial charge in [-0.05, 0) is 62.9 Å². The maximum atomic E-state index is 12.0. The molecule has 144 valence electrons. The van der Waals surface area contributed by atoms with Crippen LogP contribution in [0, 0.1) is 0 Å². The van der Waals surface area contributed by atoms with E-state index in [4.69, 9.17) is 4.74 Å². The van der Waals surface area contributed by atoms with E-state index in [1.807, 2.05) is 24.2 Å². The molecule has 0 bridgehead atoms. The number of nitrogens with zero attached hydrogens (tertiary/aromatic N) is 1. The third kappa shape index (κ3) is 5.42. The summed E-state index contributed by atoms with van der Waals surface area (Å²) < 4.78 is 34.5. The molecular weight excluding hydrogens is 338 g/mol. The number of hydrogen-bond acceptors (Lipinski definition) is 3. The topological polar surface area (TPSA) is 37.5 Å². The maximum absolute atomic E-state index is 12.0. The molecule has 0 radical (unpaired) electrons. The molecule has 0 spiro atoms. The fourth-order valence-corrected chi connectivity index (χ4v) is 3.53. The lowest BCUT2D eigenvalue weighted by Gasteiger charge is -2.23. The van der Waals surface area contributed by atoms with E-state index < -0.39 is 6.61 Å².